The first-order valence-electron chi connectivity index (χ1n) is 8.84. The Balaban J connectivity index is 1.89. The number of carboxylic acid groups (broad SMARTS) is 1. The summed E-state index contributed by atoms with van der Waals surface area (Å²) in [5.41, 5.74) is 0.680. The third kappa shape index (κ3) is 6.41. The number of ether oxygens (including phenoxy) is 1. The second-order valence-electron chi connectivity index (χ2n) is 6.31. The standard InChI is InChI=1S/C19H25N3O5/c1-2-11-27-13-16(18(24)25)21-17(23)14-7-6-10-22(12-14)19(26)20-15-8-4-3-5-9-15/h2-5,8-9,14,16H,1,6-7,10-13H2,(H,20,26)(H,21,23)(H,24,25). The van der Waals surface area contributed by atoms with Crippen molar-refractivity contribution in [2.75, 3.05) is 31.6 Å². The fraction of sp³-hybridized carbons (Fsp3) is 0.421. The summed E-state index contributed by atoms with van der Waals surface area (Å²) in [5, 5.41) is 14.5. The highest BCUT2D eigenvalue weighted by Crippen LogP contribution is 2.18. The molecule has 146 valence electrons. The van der Waals surface area contributed by atoms with E-state index in [1.54, 1.807) is 17.0 Å². The molecule has 1 aromatic rings. The lowest BCUT2D eigenvalue weighted by atomic mass is 9.97. The van der Waals surface area contributed by atoms with Crippen molar-refractivity contribution in [1.29, 1.82) is 0 Å². The normalized spacial score (nSPS) is 17.6. The fourth-order valence-corrected chi connectivity index (χ4v) is 2.83. The van der Waals surface area contributed by atoms with E-state index in [2.05, 4.69) is 17.2 Å². The van der Waals surface area contributed by atoms with Crippen molar-refractivity contribution >= 4 is 23.6 Å². The van der Waals surface area contributed by atoms with Gasteiger partial charge in [-0.2, -0.15) is 0 Å². The summed E-state index contributed by atoms with van der Waals surface area (Å²) in [4.78, 5) is 37.7. The summed E-state index contributed by atoms with van der Waals surface area (Å²) in [6.45, 7) is 4.34. The van der Waals surface area contributed by atoms with Crippen LogP contribution in [0, 0.1) is 5.92 Å². The van der Waals surface area contributed by atoms with Crippen LogP contribution in [-0.2, 0) is 14.3 Å². The number of hydrogen-bond donors (Lipinski definition) is 3. The minimum atomic E-state index is -1.16. The van der Waals surface area contributed by atoms with E-state index in [-0.39, 0.29) is 31.7 Å². The quantitative estimate of drug-likeness (QED) is 0.473. The van der Waals surface area contributed by atoms with E-state index in [1.165, 1.54) is 6.08 Å². The van der Waals surface area contributed by atoms with Gasteiger partial charge in [0.1, 0.15) is 0 Å². The number of likely N-dealkylation sites (tertiary alicyclic amines) is 1. The Kier molecular flexibility index (Phi) is 7.81. The van der Waals surface area contributed by atoms with Crippen LogP contribution in [0.2, 0.25) is 0 Å². The van der Waals surface area contributed by atoms with Crippen LogP contribution in [0.5, 0.6) is 0 Å². The number of anilines is 1. The molecule has 1 aliphatic rings. The largest absolute Gasteiger partial charge is 0.480 e. The first-order chi connectivity index (χ1) is 13.0. The highest BCUT2D eigenvalue weighted by Gasteiger charge is 2.31. The average molecular weight is 375 g/mol. The molecule has 2 atom stereocenters. The number of nitrogens with zero attached hydrogens (tertiary/aromatic N) is 1. The number of amides is 3. The lowest BCUT2D eigenvalue weighted by molar-refractivity contribution is -0.144. The van der Waals surface area contributed by atoms with Crippen LogP contribution < -0.4 is 10.6 Å². The van der Waals surface area contributed by atoms with E-state index in [1.807, 2.05) is 18.2 Å². The van der Waals surface area contributed by atoms with Gasteiger partial charge in [-0.25, -0.2) is 9.59 Å². The van der Waals surface area contributed by atoms with Gasteiger partial charge in [0, 0.05) is 18.8 Å². The van der Waals surface area contributed by atoms with Gasteiger partial charge in [-0.05, 0) is 25.0 Å². The average Bonchev–Trinajstić information content (AvgIpc) is 2.68. The molecule has 2 rings (SSSR count). The molecule has 0 radical (unpaired) electrons. The van der Waals surface area contributed by atoms with Crippen LogP contribution in [0.25, 0.3) is 0 Å². The first kappa shape index (κ1) is 20.4. The molecule has 0 aliphatic carbocycles. The molecule has 8 nitrogen and oxygen atoms in total. The van der Waals surface area contributed by atoms with Crippen LogP contribution >= 0.6 is 0 Å². The van der Waals surface area contributed by atoms with Crippen molar-refractivity contribution in [3.05, 3.63) is 43.0 Å². The molecule has 0 saturated carbocycles. The number of aliphatic carboxylic acids is 1. The lowest BCUT2D eigenvalue weighted by Gasteiger charge is -2.32. The van der Waals surface area contributed by atoms with Crippen LogP contribution in [0.4, 0.5) is 10.5 Å². The Bertz CT molecular complexity index is 665. The smallest absolute Gasteiger partial charge is 0.328 e. The van der Waals surface area contributed by atoms with Gasteiger partial charge in [-0.15, -0.1) is 6.58 Å². The van der Waals surface area contributed by atoms with Gasteiger partial charge in [-0.1, -0.05) is 24.3 Å². The number of carboxylic acids is 1. The number of urea groups is 1. The first-order valence-corrected chi connectivity index (χ1v) is 8.84. The number of carbonyl (C=O) groups excluding carboxylic acids is 2. The third-order valence-corrected chi connectivity index (χ3v) is 4.24. The summed E-state index contributed by atoms with van der Waals surface area (Å²) < 4.78 is 5.13. The summed E-state index contributed by atoms with van der Waals surface area (Å²) in [6.07, 6.45) is 2.77. The van der Waals surface area contributed by atoms with Crippen LogP contribution in [0.1, 0.15) is 12.8 Å². The molecule has 3 amide bonds. The molecule has 2 unspecified atom stereocenters. The number of para-hydroxylation sites is 1. The molecule has 1 fully saturated rings. The van der Waals surface area contributed by atoms with Crippen molar-refractivity contribution in [3.63, 3.8) is 0 Å². The molecule has 0 aromatic heterocycles. The second-order valence-corrected chi connectivity index (χ2v) is 6.31. The zero-order chi connectivity index (χ0) is 19.6. The molecular formula is C19H25N3O5. The molecule has 1 saturated heterocycles. The van der Waals surface area contributed by atoms with Gasteiger partial charge in [0.25, 0.3) is 0 Å². The van der Waals surface area contributed by atoms with Crippen LogP contribution in [0.15, 0.2) is 43.0 Å². The van der Waals surface area contributed by atoms with E-state index >= 15 is 0 Å². The zero-order valence-corrected chi connectivity index (χ0v) is 15.1. The maximum atomic E-state index is 12.5. The maximum absolute atomic E-state index is 12.5. The molecule has 1 aliphatic heterocycles. The SMILES string of the molecule is C=CCOCC(NC(=O)C1CCCN(C(=O)Nc2ccccc2)C1)C(=O)O. The van der Waals surface area contributed by atoms with E-state index in [0.717, 1.165) is 0 Å². The van der Waals surface area contributed by atoms with Gasteiger partial charge in [0.2, 0.25) is 5.91 Å². The van der Waals surface area contributed by atoms with Crippen LogP contribution in [-0.4, -0.2) is 60.3 Å². The van der Waals surface area contributed by atoms with E-state index < -0.39 is 17.9 Å². The lowest BCUT2D eigenvalue weighted by Crippen LogP contribution is -2.51. The number of piperidine rings is 1. The molecule has 0 bridgehead atoms. The summed E-state index contributed by atoms with van der Waals surface area (Å²) >= 11 is 0. The van der Waals surface area contributed by atoms with Crippen molar-refractivity contribution < 1.29 is 24.2 Å². The Labute approximate surface area is 158 Å². The Hall–Kier alpha value is -2.87. The number of carbonyl (C=O) groups is 3. The predicted octanol–water partition coefficient (Wildman–Crippen LogP) is 1.70. The molecule has 1 aromatic carbocycles. The number of benzene rings is 1. The summed E-state index contributed by atoms with van der Waals surface area (Å²) in [7, 11) is 0. The Morgan fingerprint density at radius 3 is 2.74 bits per heavy atom. The Morgan fingerprint density at radius 2 is 2.07 bits per heavy atom. The topological polar surface area (TPSA) is 108 Å². The second kappa shape index (κ2) is 10.3. The minimum Gasteiger partial charge on any atom is -0.480 e. The highest BCUT2D eigenvalue weighted by molar-refractivity contribution is 5.90. The van der Waals surface area contributed by atoms with Gasteiger partial charge in [0.15, 0.2) is 6.04 Å². The van der Waals surface area contributed by atoms with Crippen LogP contribution in [0.3, 0.4) is 0 Å². The van der Waals surface area contributed by atoms with Crippen molar-refractivity contribution in [2.45, 2.75) is 18.9 Å². The number of rotatable bonds is 8. The molecule has 0 spiro atoms. The van der Waals surface area contributed by atoms with E-state index in [4.69, 9.17) is 4.74 Å². The summed E-state index contributed by atoms with van der Waals surface area (Å²) in [5.74, 6) is -2.01. The molecule has 27 heavy (non-hydrogen) atoms. The maximum Gasteiger partial charge on any atom is 0.328 e. The minimum absolute atomic E-state index is 0.141. The van der Waals surface area contributed by atoms with Gasteiger partial charge >= 0.3 is 12.0 Å². The van der Waals surface area contributed by atoms with Crippen molar-refractivity contribution in [3.8, 4) is 0 Å². The predicted molar refractivity (Wildman–Crippen MR) is 100 cm³/mol. The van der Waals surface area contributed by atoms with E-state index in [9.17, 15) is 19.5 Å². The highest BCUT2D eigenvalue weighted by atomic mass is 16.5. The summed E-state index contributed by atoms with van der Waals surface area (Å²) in [6, 6.07) is 7.66. The van der Waals surface area contributed by atoms with E-state index in [0.29, 0.717) is 25.1 Å². The van der Waals surface area contributed by atoms with Gasteiger partial charge in [0.05, 0.1) is 19.1 Å². The monoisotopic (exact) mass is 375 g/mol. The van der Waals surface area contributed by atoms with Gasteiger partial charge in [-0.3, -0.25) is 4.79 Å². The third-order valence-electron chi connectivity index (χ3n) is 4.24. The van der Waals surface area contributed by atoms with Gasteiger partial charge < -0.3 is 25.4 Å². The number of nitrogens with one attached hydrogen (secondary N) is 2. The molecular weight excluding hydrogens is 350 g/mol. The number of hydrogen-bond acceptors (Lipinski definition) is 4. The Morgan fingerprint density at radius 1 is 1.33 bits per heavy atom. The van der Waals surface area contributed by atoms with Crippen molar-refractivity contribution in [2.24, 2.45) is 5.92 Å². The van der Waals surface area contributed by atoms with Crippen molar-refractivity contribution in [1.82, 2.24) is 10.2 Å². The molecule has 1 heterocycles. The molecule has 8 heteroatoms. The molecule has 3 N–H and O–H groups in total. The zero-order valence-electron chi connectivity index (χ0n) is 15.1. The fourth-order valence-electron chi connectivity index (χ4n) is 2.83.